The summed E-state index contributed by atoms with van der Waals surface area (Å²) in [5.41, 5.74) is 2.15. The second-order valence-electron chi connectivity index (χ2n) is 6.62. The van der Waals surface area contributed by atoms with Gasteiger partial charge in [0.15, 0.2) is 0 Å². The van der Waals surface area contributed by atoms with Crippen LogP contribution in [0, 0.1) is 5.82 Å². The third-order valence-electron chi connectivity index (χ3n) is 4.41. The van der Waals surface area contributed by atoms with Gasteiger partial charge in [-0.05, 0) is 36.4 Å². The van der Waals surface area contributed by atoms with E-state index in [1.54, 1.807) is 18.3 Å². The van der Waals surface area contributed by atoms with Crippen molar-refractivity contribution in [3.05, 3.63) is 72.9 Å². The number of nitrogens with zero attached hydrogens (tertiary/aromatic N) is 3. The summed E-state index contributed by atoms with van der Waals surface area (Å²) in [4.78, 5) is 20.4. The molecule has 0 aliphatic carbocycles. The number of imidazole rings is 1. The number of sulfonamides is 1. The molecular weight excluding hydrogens is 423 g/mol. The van der Waals surface area contributed by atoms with Crippen molar-refractivity contribution in [3.8, 4) is 11.3 Å². The third kappa shape index (κ3) is 4.68. The van der Waals surface area contributed by atoms with E-state index in [1.807, 2.05) is 35.0 Å². The topological polar surface area (TPSA) is 131 Å². The first kappa shape index (κ1) is 20.4. The highest BCUT2D eigenvalue weighted by atomic mass is 32.2. The smallest absolute Gasteiger partial charge is 0.243 e. The highest BCUT2D eigenvalue weighted by molar-refractivity contribution is 7.89. The van der Waals surface area contributed by atoms with Crippen LogP contribution in [0.4, 0.5) is 15.8 Å². The van der Waals surface area contributed by atoms with E-state index in [0.717, 1.165) is 23.4 Å². The fourth-order valence-corrected chi connectivity index (χ4v) is 3.42. The van der Waals surface area contributed by atoms with Crippen molar-refractivity contribution in [2.24, 2.45) is 5.14 Å². The second kappa shape index (κ2) is 8.13. The van der Waals surface area contributed by atoms with E-state index in [-0.39, 0.29) is 17.1 Å². The van der Waals surface area contributed by atoms with Crippen LogP contribution in [0.2, 0.25) is 0 Å². The number of anilines is 2. The molecule has 4 N–H and O–H groups in total. The zero-order valence-electron chi connectivity index (χ0n) is 16.0. The zero-order valence-corrected chi connectivity index (χ0v) is 16.8. The maximum Gasteiger partial charge on any atom is 0.243 e. The van der Waals surface area contributed by atoms with Crippen molar-refractivity contribution < 1.29 is 17.6 Å². The lowest BCUT2D eigenvalue weighted by Gasteiger charge is -2.10. The van der Waals surface area contributed by atoms with Crippen LogP contribution < -0.4 is 15.8 Å². The molecule has 0 saturated heterocycles. The number of aromatic nitrogens is 3. The summed E-state index contributed by atoms with van der Waals surface area (Å²) >= 11 is 0. The van der Waals surface area contributed by atoms with Crippen LogP contribution in [0.3, 0.4) is 0 Å². The molecule has 4 aromatic rings. The number of halogens is 1. The standard InChI is InChI=1S/C20H17FN6O3S/c21-16-10-15(31(22,29)30)6-7-17(16)24-11-19(28)25-14-4-2-13(3-5-14)18-12-27-9-1-8-23-20(27)26-18/h1-10,12,24H,11H2,(H,25,28)(H2,22,29,30). The SMILES string of the molecule is NS(=O)(=O)c1ccc(NCC(=O)Nc2ccc(-c3cn4cccnc4n3)cc2)c(F)c1. The largest absolute Gasteiger partial charge is 0.374 e. The Morgan fingerprint density at radius 3 is 2.61 bits per heavy atom. The first-order valence-electron chi connectivity index (χ1n) is 9.06. The summed E-state index contributed by atoms with van der Waals surface area (Å²) in [7, 11) is -4.00. The van der Waals surface area contributed by atoms with Gasteiger partial charge in [-0.25, -0.2) is 27.9 Å². The number of fused-ring (bicyclic) bond motifs is 1. The highest BCUT2D eigenvalue weighted by Crippen LogP contribution is 2.21. The maximum atomic E-state index is 14.0. The zero-order chi connectivity index (χ0) is 22.0. The van der Waals surface area contributed by atoms with Crippen molar-refractivity contribution in [3.63, 3.8) is 0 Å². The Hall–Kier alpha value is -3.83. The average Bonchev–Trinajstić information content (AvgIpc) is 3.17. The van der Waals surface area contributed by atoms with Crippen molar-refractivity contribution in [1.29, 1.82) is 0 Å². The molecule has 0 bridgehead atoms. The van der Waals surface area contributed by atoms with Gasteiger partial charge in [0.05, 0.1) is 22.8 Å². The molecule has 2 aromatic carbocycles. The molecule has 0 unspecified atom stereocenters. The average molecular weight is 440 g/mol. The normalized spacial score (nSPS) is 11.4. The number of amides is 1. The molecule has 2 aromatic heterocycles. The number of carbonyl (C=O) groups is 1. The van der Waals surface area contributed by atoms with Crippen LogP contribution in [-0.2, 0) is 14.8 Å². The summed E-state index contributed by atoms with van der Waals surface area (Å²) in [5.74, 6) is -0.643. The lowest BCUT2D eigenvalue weighted by molar-refractivity contribution is -0.114. The number of hydrogen-bond acceptors (Lipinski definition) is 6. The molecule has 1 amide bonds. The van der Waals surface area contributed by atoms with Gasteiger partial charge in [-0.2, -0.15) is 0 Å². The van der Waals surface area contributed by atoms with E-state index in [0.29, 0.717) is 11.5 Å². The van der Waals surface area contributed by atoms with E-state index in [1.165, 1.54) is 6.07 Å². The van der Waals surface area contributed by atoms with Crippen LogP contribution >= 0.6 is 0 Å². The number of nitrogens with one attached hydrogen (secondary N) is 2. The first-order valence-corrected chi connectivity index (χ1v) is 10.6. The van der Waals surface area contributed by atoms with Gasteiger partial charge in [0.25, 0.3) is 0 Å². The molecule has 2 heterocycles. The Balaban J connectivity index is 1.38. The third-order valence-corrected chi connectivity index (χ3v) is 5.32. The summed E-state index contributed by atoms with van der Waals surface area (Å²) in [6.45, 7) is -0.217. The molecular formula is C20H17FN6O3S. The van der Waals surface area contributed by atoms with Crippen LogP contribution in [0.5, 0.6) is 0 Å². The number of nitrogens with two attached hydrogens (primary N) is 1. The predicted octanol–water partition coefficient (Wildman–Crippen LogP) is 2.23. The molecule has 11 heteroatoms. The van der Waals surface area contributed by atoms with E-state index in [4.69, 9.17) is 5.14 Å². The number of primary sulfonamides is 1. The molecule has 158 valence electrons. The van der Waals surface area contributed by atoms with E-state index >= 15 is 0 Å². The van der Waals surface area contributed by atoms with Gasteiger partial charge < -0.3 is 10.6 Å². The van der Waals surface area contributed by atoms with Crippen molar-refractivity contribution in [2.75, 3.05) is 17.2 Å². The maximum absolute atomic E-state index is 14.0. The van der Waals surface area contributed by atoms with Crippen molar-refractivity contribution >= 4 is 33.1 Å². The Kier molecular flexibility index (Phi) is 5.36. The Morgan fingerprint density at radius 2 is 1.94 bits per heavy atom. The summed E-state index contributed by atoms with van der Waals surface area (Å²) in [6.07, 6.45) is 5.38. The number of benzene rings is 2. The second-order valence-corrected chi connectivity index (χ2v) is 8.18. The van der Waals surface area contributed by atoms with E-state index in [9.17, 15) is 17.6 Å². The van der Waals surface area contributed by atoms with Crippen LogP contribution in [0.15, 0.2) is 72.0 Å². The Bertz CT molecular complexity index is 1340. The fraction of sp³-hybridized carbons (Fsp3) is 0.0500. The minimum atomic E-state index is -4.00. The molecule has 4 rings (SSSR count). The van der Waals surface area contributed by atoms with Crippen LogP contribution in [-0.4, -0.2) is 35.2 Å². The van der Waals surface area contributed by atoms with E-state index in [2.05, 4.69) is 20.6 Å². The molecule has 0 radical (unpaired) electrons. The molecule has 0 saturated carbocycles. The molecule has 31 heavy (non-hydrogen) atoms. The van der Waals surface area contributed by atoms with Gasteiger partial charge >= 0.3 is 0 Å². The van der Waals surface area contributed by atoms with Gasteiger partial charge in [0.1, 0.15) is 5.82 Å². The van der Waals surface area contributed by atoms with Crippen molar-refractivity contribution in [1.82, 2.24) is 14.4 Å². The highest BCUT2D eigenvalue weighted by Gasteiger charge is 2.12. The van der Waals surface area contributed by atoms with Crippen molar-refractivity contribution in [2.45, 2.75) is 4.90 Å². The first-order chi connectivity index (χ1) is 14.8. The Morgan fingerprint density at radius 1 is 1.16 bits per heavy atom. The predicted molar refractivity (Wildman–Crippen MR) is 113 cm³/mol. The molecule has 0 aliphatic heterocycles. The number of carbonyl (C=O) groups excluding carboxylic acids is 1. The van der Waals surface area contributed by atoms with Gasteiger partial charge in [-0.15, -0.1) is 0 Å². The molecule has 9 nitrogen and oxygen atoms in total. The molecule has 0 spiro atoms. The monoisotopic (exact) mass is 440 g/mol. The quantitative estimate of drug-likeness (QED) is 0.421. The lowest BCUT2D eigenvalue weighted by atomic mass is 10.1. The lowest BCUT2D eigenvalue weighted by Crippen LogP contribution is -2.22. The van der Waals surface area contributed by atoms with Crippen LogP contribution in [0.1, 0.15) is 0 Å². The van der Waals surface area contributed by atoms with Crippen LogP contribution in [0.25, 0.3) is 17.0 Å². The number of rotatable bonds is 6. The summed E-state index contributed by atoms with van der Waals surface area (Å²) in [5, 5.41) is 10.3. The fourth-order valence-electron chi connectivity index (χ4n) is 2.89. The minimum absolute atomic E-state index is 0.0154. The molecule has 0 aliphatic rings. The van der Waals surface area contributed by atoms with Gasteiger partial charge in [0.2, 0.25) is 21.7 Å². The van der Waals surface area contributed by atoms with Gasteiger partial charge in [-0.3, -0.25) is 9.20 Å². The minimum Gasteiger partial charge on any atom is -0.374 e. The number of hydrogen-bond donors (Lipinski definition) is 3. The van der Waals surface area contributed by atoms with E-state index < -0.39 is 21.7 Å². The Labute approximate surface area is 176 Å². The summed E-state index contributed by atoms with van der Waals surface area (Å²) in [6, 6.07) is 12.1. The molecule has 0 atom stereocenters. The molecule has 0 fully saturated rings. The summed E-state index contributed by atoms with van der Waals surface area (Å²) < 4.78 is 38.3. The van der Waals surface area contributed by atoms with Gasteiger partial charge in [-0.1, -0.05) is 12.1 Å². The van der Waals surface area contributed by atoms with Gasteiger partial charge in [0, 0.05) is 29.8 Å².